The van der Waals surface area contributed by atoms with Crippen LogP contribution in [0.4, 0.5) is 0 Å². The largest absolute Gasteiger partial charge is 0.464 e. The molecule has 1 aliphatic rings. The SMILES string of the molecule is COC(=O)c1cc(-c2ccco2)n([C@H]2CCS(=O)(=O)C2)n1. The van der Waals surface area contributed by atoms with E-state index in [4.69, 9.17) is 4.42 Å². The number of nitrogens with zero attached hydrogens (tertiary/aromatic N) is 2. The first-order valence-corrected chi connectivity index (χ1v) is 8.24. The summed E-state index contributed by atoms with van der Waals surface area (Å²) < 4.78 is 34.9. The Balaban J connectivity index is 2.06. The summed E-state index contributed by atoms with van der Waals surface area (Å²) in [4.78, 5) is 11.6. The zero-order valence-corrected chi connectivity index (χ0v) is 12.2. The average molecular weight is 310 g/mol. The molecule has 7 nitrogen and oxygen atoms in total. The van der Waals surface area contributed by atoms with Gasteiger partial charge in [0.25, 0.3) is 0 Å². The second-order valence-electron chi connectivity index (χ2n) is 4.89. The van der Waals surface area contributed by atoms with Gasteiger partial charge in [-0.2, -0.15) is 5.10 Å². The van der Waals surface area contributed by atoms with Crippen LogP contribution >= 0.6 is 0 Å². The third-order valence-electron chi connectivity index (χ3n) is 3.46. The number of rotatable bonds is 3. The lowest BCUT2D eigenvalue weighted by atomic mass is 10.2. The van der Waals surface area contributed by atoms with Gasteiger partial charge in [0.2, 0.25) is 0 Å². The second-order valence-corrected chi connectivity index (χ2v) is 7.11. The van der Waals surface area contributed by atoms with Crippen molar-refractivity contribution < 1.29 is 22.4 Å². The molecule has 21 heavy (non-hydrogen) atoms. The first-order valence-electron chi connectivity index (χ1n) is 6.42. The molecule has 0 amide bonds. The lowest BCUT2D eigenvalue weighted by Gasteiger charge is -2.11. The minimum atomic E-state index is -3.05. The molecule has 0 saturated carbocycles. The Bertz CT molecular complexity index is 761. The van der Waals surface area contributed by atoms with Crippen molar-refractivity contribution in [3.8, 4) is 11.5 Å². The normalized spacial score (nSPS) is 20.5. The van der Waals surface area contributed by atoms with Crippen molar-refractivity contribution in [2.24, 2.45) is 0 Å². The summed E-state index contributed by atoms with van der Waals surface area (Å²) in [5.41, 5.74) is 0.704. The number of aromatic nitrogens is 2. The summed E-state index contributed by atoms with van der Waals surface area (Å²) >= 11 is 0. The summed E-state index contributed by atoms with van der Waals surface area (Å²) in [6.45, 7) is 0. The maximum Gasteiger partial charge on any atom is 0.358 e. The van der Waals surface area contributed by atoms with E-state index in [0.717, 1.165) is 0 Å². The molecule has 1 atom stereocenters. The van der Waals surface area contributed by atoms with Crippen molar-refractivity contribution in [3.63, 3.8) is 0 Å². The van der Waals surface area contributed by atoms with Gasteiger partial charge in [0.1, 0.15) is 5.69 Å². The number of methoxy groups -OCH3 is 1. The zero-order valence-electron chi connectivity index (χ0n) is 11.4. The fourth-order valence-corrected chi connectivity index (χ4v) is 4.15. The molecule has 0 radical (unpaired) electrons. The third-order valence-corrected chi connectivity index (χ3v) is 5.21. The molecule has 0 aromatic carbocycles. The second kappa shape index (κ2) is 5.03. The topological polar surface area (TPSA) is 91.4 Å². The highest BCUT2D eigenvalue weighted by atomic mass is 32.2. The Labute approximate surface area is 121 Å². The van der Waals surface area contributed by atoms with E-state index in [1.54, 1.807) is 22.9 Å². The molecule has 0 unspecified atom stereocenters. The van der Waals surface area contributed by atoms with Crippen LogP contribution in [-0.4, -0.2) is 42.8 Å². The Hall–Kier alpha value is -2.09. The smallest absolute Gasteiger partial charge is 0.358 e. The van der Waals surface area contributed by atoms with Crippen molar-refractivity contribution in [1.29, 1.82) is 0 Å². The van der Waals surface area contributed by atoms with Crippen molar-refractivity contribution in [2.45, 2.75) is 12.5 Å². The van der Waals surface area contributed by atoms with Crippen LogP contribution < -0.4 is 0 Å². The summed E-state index contributed by atoms with van der Waals surface area (Å²) in [7, 11) is -1.78. The van der Waals surface area contributed by atoms with Gasteiger partial charge in [-0.3, -0.25) is 4.68 Å². The predicted octanol–water partition coefficient (Wildman–Crippen LogP) is 1.29. The molecule has 0 spiro atoms. The van der Waals surface area contributed by atoms with Gasteiger partial charge in [0, 0.05) is 6.07 Å². The highest BCUT2D eigenvalue weighted by Crippen LogP contribution is 2.30. The lowest BCUT2D eigenvalue weighted by Crippen LogP contribution is -2.14. The molecule has 3 heterocycles. The van der Waals surface area contributed by atoms with Crippen molar-refractivity contribution in [2.75, 3.05) is 18.6 Å². The highest BCUT2D eigenvalue weighted by Gasteiger charge is 2.32. The van der Waals surface area contributed by atoms with Gasteiger partial charge in [-0.05, 0) is 18.6 Å². The molecule has 2 aromatic heterocycles. The quantitative estimate of drug-likeness (QED) is 0.793. The average Bonchev–Trinajstić information content (AvgIpc) is 3.14. The molecule has 2 aromatic rings. The van der Waals surface area contributed by atoms with Gasteiger partial charge >= 0.3 is 5.97 Å². The number of furan rings is 1. The van der Waals surface area contributed by atoms with Crippen LogP contribution in [0.25, 0.3) is 11.5 Å². The minimum Gasteiger partial charge on any atom is -0.464 e. The molecule has 112 valence electrons. The third kappa shape index (κ3) is 2.58. The molecule has 0 bridgehead atoms. The number of ether oxygens (including phenoxy) is 1. The van der Waals surface area contributed by atoms with Crippen LogP contribution in [0.2, 0.25) is 0 Å². The van der Waals surface area contributed by atoms with Crippen LogP contribution in [0.3, 0.4) is 0 Å². The predicted molar refractivity (Wildman–Crippen MR) is 73.6 cm³/mol. The van der Waals surface area contributed by atoms with Crippen molar-refractivity contribution in [3.05, 3.63) is 30.2 Å². The summed E-state index contributed by atoms with van der Waals surface area (Å²) in [5.74, 6) is 0.107. The molecule has 1 aliphatic heterocycles. The molecule has 0 N–H and O–H groups in total. The van der Waals surface area contributed by atoms with Crippen molar-refractivity contribution in [1.82, 2.24) is 9.78 Å². The number of hydrogen-bond acceptors (Lipinski definition) is 6. The summed E-state index contributed by atoms with van der Waals surface area (Å²) in [5, 5.41) is 4.20. The van der Waals surface area contributed by atoms with E-state index in [2.05, 4.69) is 9.84 Å². The Morgan fingerprint density at radius 3 is 2.90 bits per heavy atom. The van der Waals surface area contributed by atoms with E-state index in [-0.39, 0.29) is 23.2 Å². The molecule has 1 fully saturated rings. The van der Waals surface area contributed by atoms with E-state index in [0.29, 0.717) is 17.9 Å². The highest BCUT2D eigenvalue weighted by molar-refractivity contribution is 7.91. The minimum absolute atomic E-state index is 0.0169. The number of hydrogen-bond donors (Lipinski definition) is 0. The molecular formula is C13H14N2O5S. The number of carbonyl (C=O) groups excluding carboxylic acids is 1. The Kier molecular flexibility index (Phi) is 3.32. The van der Waals surface area contributed by atoms with Crippen LogP contribution in [0, 0.1) is 0 Å². The van der Waals surface area contributed by atoms with Crippen LogP contribution in [0.15, 0.2) is 28.9 Å². The Morgan fingerprint density at radius 1 is 1.52 bits per heavy atom. The number of esters is 1. The van der Waals surface area contributed by atoms with Crippen LogP contribution in [0.5, 0.6) is 0 Å². The van der Waals surface area contributed by atoms with Crippen LogP contribution in [0.1, 0.15) is 23.0 Å². The van der Waals surface area contributed by atoms with Gasteiger partial charge in [-0.1, -0.05) is 0 Å². The standard InChI is InChI=1S/C13H14N2O5S/c1-19-13(16)10-7-11(12-3-2-5-20-12)15(14-10)9-4-6-21(17,18)8-9/h2-3,5,7,9H,4,6,8H2,1H3/t9-/m0/s1. The number of sulfone groups is 1. The fraction of sp³-hybridized carbons (Fsp3) is 0.385. The molecule has 1 saturated heterocycles. The lowest BCUT2D eigenvalue weighted by molar-refractivity contribution is 0.0592. The number of carbonyl (C=O) groups is 1. The van der Waals surface area contributed by atoms with E-state index < -0.39 is 15.8 Å². The van der Waals surface area contributed by atoms with E-state index in [9.17, 15) is 13.2 Å². The summed E-state index contributed by atoms with van der Waals surface area (Å²) in [6.07, 6.45) is 1.98. The Morgan fingerprint density at radius 2 is 2.33 bits per heavy atom. The van der Waals surface area contributed by atoms with Gasteiger partial charge in [-0.25, -0.2) is 13.2 Å². The van der Waals surface area contributed by atoms with Crippen molar-refractivity contribution >= 4 is 15.8 Å². The van der Waals surface area contributed by atoms with Crippen LogP contribution in [-0.2, 0) is 14.6 Å². The van der Waals surface area contributed by atoms with Gasteiger partial charge < -0.3 is 9.15 Å². The first kappa shape index (κ1) is 13.9. The maximum atomic E-state index is 11.7. The van der Waals surface area contributed by atoms with E-state index >= 15 is 0 Å². The molecule has 3 rings (SSSR count). The van der Waals surface area contributed by atoms with Gasteiger partial charge in [0.05, 0.1) is 30.9 Å². The van der Waals surface area contributed by atoms with Gasteiger partial charge in [0.15, 0.2) is 21.3 Å². The first-order chi connectivity index (χ1) is 10.00. The molecule has 8 heteroatoms. The monoisotopic (exact) mass is 310 g/mol. The summed E-state index contributed by atoms with van der Waals surface area (Å²) in [6, 6.07) is 4.71. The van der Waals surface area contributed by atoms with E-state index in [1.165, 1.54) is 13.4 Å². The van der Waals surface area contributed by atoms with E-state index in [1.807, 2.05) is 0 Å². The molecule has 0 aliphatic carbocycles. The fourth-order valence-electron chi connectivity index (χ4n) is 2.45. The molecular weight excluding hydrogens is 296 g/mol. The van der Waals surface area contributed by atoms with Gasteiger partial charge in [-0.15, -0.1) is 0 Å². The zero-order chi connectivity index (χ0) is 15.0. The maximum absolute atomic E-state index is 11.7.